The number of halogens is 3. The van der Waals surface area contributed by atoms with E-state index in [1.165, 1.54) is 6.07 Å². The second-order valence-corrected chi connectivity index (χ2v) is 3.83. The molecule has 0 saturated carbocycles. The molecule has 0 amide bonds. The number of carboxylic acids is 1. The summed E-state index contributed by atoms with van der Waals surface area (Å²) in [7, 11) is 0. The van der Waals surface area contributed by atoms with E-state index in [1.807, 2.05) is 0 Å². The third-order valence-electron chi connectivity index (χ3n) is 2.37. The molecule has 0 fully saturated rings. The molecule has 0 bridgehead atoms. The number of hydrogen-bond donors (Lipinski definition) is 3. The molecule has 0 unspecified atom stereocenters. The summed E-state index contributed by atoms with van der Waals surface area (Å²) in [6.45, 7) is 0.464. The molecule has 1 aromatic carbocycles. The predicted octanol–water partition coefficient (Wildman–Crippen LogP) is 1.82. The summed E-state index contributed by atoms with van der Waals surface area (Å²) >= 11 is 0. The quantitative estimate of drug-likeness (QED) is 0.668. The van der Waals surface area contributed by atoms with Gasteiger partial charge in [0, 0.05) is 12.2 Å². The first-order chi connectivity index (χ1) is 9.36. The van der Waals surface area contributed by atoms with E-state index in [1.54, 1.807) is 0 Å². The van der Waals surface area contributed by atoms with Crippen LogP contribution < -0.4 is 5.32 Å². The number of alkyl halides is 3. The number of rotatable bonds is 7. The van der Waals surface area contributed by atoms with Crippen LogP contribution in [-0.2, 0) is 10.9 Å². The standard InChI is InChI=1S/C12H14F3NO4/c13-12(14,15)10-7-8(1-2-9(10)11(18)19)16-3-5-20-6-4-17/h1-2,7,16-17H,3-6H2,(H,18,19). The molecule has 112 valence electrons. The van der Waals surface area contributed by atoms with Crippen LogP contribution in [0.15, 0.2) is 18.2 Å². The Labute approximate surface area is 113 Å². The average molecular weight is 293 g/mol. The molecule has 0 radical (unpaired) electrons. The zero-order valence-corrected chi connectivity index (χ0v) is 10.4. The van der Waals surface area contributed by atoms with Crippen LogP contribution in [0.3, 0.4) is 0 Å². The number of aromatic carboxylic acids is 1. The number of carbonyl (C=O) groups is 1. The van der Waals surface area contributed by atoms with Gasteiger partial charge in [-0.25, -0.2) is 4.79 Å². The Balaban J connectivity index is 2.77. The molecule has 1 rings (SSSR count). The van der Waals surface area contributed by atoms with Gasteiger partial charge >= 0.3 is 12.1 Å². The Morgan fingerprint density at radius 1 is 1.30 bits per heavy atom. The van der Waals surface area contributed by atoms with Gasteiger partial charge in [-0.2, -0.15) is 13.2 Å². The van der Waals surface area contributed by atoms with E-state index in [0.717, 1.165) is 12.1 Å². The van der Waals surface area contributed by atoms with E-state index in [-0.39, 0.29) is 32.1 Å². The smallest absolute Gasteiger partial charge is 0.417 e. The first-order valence-corrected chi connectivity index (χ1v) is 5.73. The third-order valence-corrected chi connectivity index (χ3v) is 2.37. The molecule has 8 heteroatoms. The van der Waals surface area contributed by atoms with Crippen LogP contribution >= 0.6 is 0 Å². The average Bonchev–Trinajstić information content (AvgIpc) is 2.37. The van der Waals surface area contributed by atoms with Crippen molar-refractivity contribution in [3.8, 4) is 0 Å². The fourth-order valence-electron chi connectivity index (χ4n) is 1.51. The normalized spacial score (nSPS) is 11.4. The maximum absolute atomic E-state index is 12.7. The number of aliphatic hydroxyl groups excluding tert-OH is 1. The zero-order chi connectivity index (χ0) is 15.2. The molecule has 0 atom stereocenters. The number of benzene rings is 1. The van der Waals surface area contributed by atoms with E-state index in [4.69, 9.17) is 14.9 Å². The van der Waals surface area contributed by atoms with Crippen LogP contribution in [0.5, 0.6) is 0 Å². The Morgan fingerprint density at radius 3 is 2.55 bits per heavy atom. The molecule has 20 heavy (non-hydrogen) atoms. The summed E-state index contributed by atoms with van der Waals surface area (Å²) in [6, 6.07) is 2.91. The summed E-state index contributed by atoms with van der Waals surface area (Å²) in [5.41, 5.74) is -1.85. The van der Waals surface area contributed by atoms with Gasteiger partial charge < -0.3 is 20.3 Å². The highest BCUT2D eigenvalue weighted by Gasteiger charge is 2.35. The molecular formula is C12H14F3NO4. The second-order valence-electron chi connectivity index (χ2n) is 3.83. The summed E-state index contributed by atoms with van der Waals surface area (Å²) < 4.78 is 43.1. The van der Waals surface area contributed by atoms with Crippen molar-refractivity contribution in [3.63, 3.8) is 0 Å². The topological polar surface area (TPSA) is 78.8 Å². The fourth-order valence-corrected chi connectivity index (χ4v) is 1.51. The number of ether oxygens (including phenoxy) is 1. The summed E-state index contributed by atoms with van der Waals surface area (Å²) in [5.74, 6) is -1.63. The predicted molar refractivity (Wildman–Crippen MR) is 64.8 cm³/mol. The molecule has 5 nitrogen and oxygen atoms in total. The van der Waals surface area contributed by atoms with Crippen LogP contribution in [0.4, 0.5) is 18.9 Å². The number of aliphatic hydroxyl groups is 1. The SMILES string of the molecule is O=C(O)c1ccc(NCCOCCO)cc1C(F)(F)F. The summed E-state index contributed by atoms with van der Waals surface area (Å²) in [4.78, 5) is 10.7. The molecule has 0 aliphatic rings. The van der Waals surface area contributed by atoms with Crippen LogP contribution in [0, 0.1) is 0 Å². The number of anilines is 1. The Morgan fingerprint density at radius 2 is 2.00 bits per heavy atom. The molecular weight excluding hydrogens is 279 g/mol. The van der Waals surface area contributed by atoms with Gasteiger partial charge in [0.2, 0.25) is 0 Å². The van der Waals surface area contributed by atoms with E-state index in [2.05, 4.69) is 5.32 Å². The minimum atomic E-state index is -4.74. The molecule has 0 heterocycles. The highest BCUT2D eigenvalue weighted by atomic mass is 19.4. The van der Waals surface area contributed by atoms with Gasteiger partial charge in [0.05, 0.1) is 30.9 Å². The van der Waals surface area contributed by atoms with Crippen LogP contribution in [0.1, 0.15) is 15.9 Å². The van der Waals surface area contributed by atoms with Crippen molar-refractivity contribution < 1.29 is 32.9 Å². The van der Waals surface area contributed by atoms with Crippen molar-refractivity contribution in [1.82, 2.24) is 0 Å². The third kappa shape index (κ3) is 4.71. The molecule has 0 aliphatic heterocycles. The summed E-state index contributed by atoms with van der Waals surface area (Å²) in [6.07, 6.45) is -4.74. The van der Waals surface area contributed by atoms with Crippen molar-refractivity contribution in [2.24, 2.45) is 0 Å². The van der Waals surface area contributed by atoms with Crippen molar-refractivity contribution in [3.05, 3.63) is 29.3 Å². The monoisotopic (exact) mass is 293 g/mol. The van der Waals surface area contributed by atoms with Crippen molar-refractivity contribution >= 4 is 11.7 Å². The van der Waals surface area contributed by atoms with Gasteiger partial charge in [0.25, 0.3) is 0 Å². The summed E-state index contributed by atoms with van der Waals surface area (Å²) in [5, 5.41) is 19.9. The highest BCUT2D eigenvalue weighted by Crippen LogP contribution is 2.33. The van der Waals surface area contributed by atoms with E-state index < -0.39 is 23.3 Å². The molecule has 1 aromatic rings. The van der Waals surface area contributed by atoms with Crippen LogP contribution in [-0.4, -0.2) is 42.5 Å². The van der Waals surface area contributed by atoms with Crippen LogP contribution in [0.2, 0.25) is 0 Å². The molecule has 0 aromatic heterocycles. The second kappa shape index (κ2) is 7.11. The van der Waals surface area contributed by atoms with Crippen molar-refractivity contribution in [2.75, 3.05) is 31.7 Å². The lowest BCUT2D eigenvalue weighted by molar-refractivity contribution is -0.138. The number of hydrogen-bond acceptors (Lipinski definition) is 4. The minimum absolute atomic E-state index is 0.133. The van der Waals surface area contributed by atoms with E-state index in [9.17, 15) is 18.0 Å². The van der Waals surface area contributed by atoms with E-state index in [0.29, 0.717) is 0 Å². The first-order valence-electron chi connectivity index (χ1n) is 5.73. The lowest BCUT2D eigenvalue weighted by Gasteiger charge is -2.13. The fraction of sp³-hybridized carbons (Fsp3) is 0.417. The molecule has 0 saturated heterocycles. The Kier molecular flexibility index (Phi) is 5.78. The van der Waals surface area contributed by atoms with Gasteiger partial charge in [-0.1, -0.05) is 0 Å². The lowest BCUT2D eigenvalue weighted by Crippen LogP contribution is -2.15. The highest BCUT2D eigenvalue weighted by molar-refractivity contribution is 5.90. The maximum atomic E-state index is 12.7. The van der Waals surface area contributed by atoms with Crippen LogP contribution in [0.25, 0.3) is 0 Å². The zero-order valence-electron chi connectivity index (χ0n) is 10.4. The van der Waals surface area contributed by atoms with Crippen molar-refractivity contribution in [2.45, 2.75) is 6.18 Å². The Hall–Kier alpha value is -1.80. The Bertz CT molecular complexity index is 463. The maximum Gasteiger partial charge on any atom is 0.417 e. The molecule has 3 N–H and O–H groups in total. The van der Waals surface area contributed by atoms with Crippen molar-refractivity contribution in [1.29, 1.82) is 0 Å². The van der Waals surface area contributed by atoms with Gasteiger partial charge in [-0.3, -0.25) is 0 Å². The largest absolute Gasteiger partial charge is 0.478 e. The first kappa shape index (κ1) is 16.3. The minimum Gasteiger partial charge on any atom is -0.478 e. The van der Waals surface area contributed by atoms with Gasteiger partial charge in [-0.05, 0) is 18.2 Å². The molecule has 0 aliphatic carbocycles. The number of nitrogens with one attached hydrogen (secondary N) is 1. The lowest BCUT2D eigenvalue weighted by atomic mass is 10.1. The van der Waals surface area contributed by atoms with Gasteiger partial charge in [-0.15, -0.1) is 0 Å². The van der Waals surface area contributed by atoms with Gasteiger partial charge in [0.15, 0.2) is 0 Å². The molecule has 0 spiro atoms. The number of carboxylic acid groups (broad SMARTS) is 1. The van der Waals surface area contributed by atoms with E-state index >= 15 is 0 Å². The van der Waals surface area contributed by atoms with Gasteiger partial charge in [0.1, 0.15) is 0 Å².